The fraction of sp³-hybridized carbons (Fsp3) is 0.375. The van der Waals surface area contributed by atoms with E-state index in [9.17, 15) is 0 Å². The lowest BCUT2D eigenvalue weighted by Gasteiger charge is -2.23. The van der Waals surface area contributed by atoms with Crippen molar-refractivity contribution in [3.63, 3.8) is 0 Å². The Labute approximate surface area is 98.3 Å². The molecule has 0 nitrogen and oxygen atoms in total. The van der Waals surface area contributed by atoms with E-state index in [1.165, 1.54) is 27.5 Å². The van der Waals surface area contributed by atoms with E-state index < -0.39 is 0 Å². The van der Waals surface area contributed by atoms with Crippen molar-refractivity contribution in [1.82, 2.24) is 0 Å². The van der Waals surface area contributed by atoms with Crippen LogP contribution in [0.3, 0.4) is 0 Å². The van der Waals surface area contributed by atoms with Crippen LogP contribution in [0.15, 0.2) is 30.3 Å². The van der Waals surface area contributed by atoms with Gasteiger partial charge in [-0.05, 0) is 46.7 Å². The number of hydrogen-bond acceptors (Lipinski definition) is 0. The van der Waals surface area contributed by atoms with Gasteiger partial charge in [0.2, 0.25) is 0 Å². The van der Waals surface area contributed by atoms with Crippen molar-refractivity contribution in [2.24, 2.45) is 0 Å². The molecule has 0 unspecified atom stereocenters. The highest BCUT2D eigenvalue weighted by molar-refractivity contribution is 5.90. The van der Waals surface area contributed by atoms with Crippen molar-refractivity contribution < 1.29 is 0 Å². The zero-order valence-electron chi connectivity index (χ0n) is 10.9. The van der Waals surface area contributed by atoms with Crippen molar-refractivity contribution in [3.05, 3.63) is 47.0 Å². The summed E-state index contributed by atoms with van der Waals surface area (Å²) >= 11 is 0. The van der Waals surface area contributed by atoms with Crippen LogP contribution in [0.25, 0.3) is 10.8 Å². The average Bonchev–Trinajstić information content (AvgIpc) is 2.22. The fourth-order valence-electron chi connectivity index (χ4n) is 2.28. The lowest BCUT2D eigenvalue weighted by molar-refractivity contribution is 0.595. The molecule has 2 aromatic carbocycles. The molecule has 84 valence electrons. The molecule has 0 heteroatoms. The van der Waals surface area contributed by atoms with Crippen molar-refractivity contribution in [3.8, 4) is 0 Å². The molecular weight excluding hydrogens is 192 g/mol. The summed E-state index contributed by atoms with van der Waals surface area (Å²) in [5, 5.41) is 2.80. The Balaban J connectivity index is 2.91. The van der Waals surface area contributed by atoms with Crippen molar-refractivity contribution in [1.29, 1.82) is 0 Å². The minimum absolute atomic E-state index is 0.206. The van der Waals surface area contributed by atoms with Crippen molar-refractivity contribution in [2.45, 2.75) is 40.0 Å². The maximum Gasteiger partial charge on any atom is -0.0126 e. The molecule has 16 heavy (non-hydrogen) atoms. The van der Waals surface area contributed by atoms with E-state index in [2.05, 4.69) is 65.0 Å². The Morgan fingerprint density at radius 2 is 1.44 bits per heavy atom. The molecule has 0 amide bonds. The van der Waals surface area contributed by atoms with Gasteiger partial charge in [-0.3, -0.25) is 0 Å². The van der Waals surface area contributed by atoms with E-state index in [0.29, 0.717) is 0 Å². The van der Waals surface area contributed by atoms with Crippen LogP contribution in [-0.2, 0) is 5.41 Å². The average molecular weight is 212 g/mol. The molecule has 0 heterocycles. The SMILES string of the molecule is Cc1cc(C(C)(C)C)c2ccccc2c1C. The number of hydrogen-bond donors (Lipinski definition) is 0. The monoisotopic (exact) mass is 212 g/mol. The van der Waals surface area contributed by atoms with Gasteiger partial charge in [-0.2, -0.15) is 0 Å². The second kappa shape index (κ2) is 3.62. The molecule has 0 atom stereocenters. The Morgan fingerprint density at radius 1 is 0.875 bits per heavy atom. The topological polar surface area (TPSA) is 0 Å². The molecule has 2 rings (SSSR count). The van der Waals surface area contributed by atoms with Crippen LogP contribution in [0.4, 0.5) is 0 Å². The van der Waals surface area contributed by atoms with Crippen LogP contribution in [0.1, 0.15) is 37.5 Å². The molecule has 0 aliphatic rings. The van der Waals surface area contributed by atoms with Crippen LogP contribution in [0.2, 0.25) is 0 Å². The van der Waals surface area contributed by atoms with E-state index in [1.807, 2.05) is 0 Å². The van der Waals surface area contributed by atoms with Gasteiger partial charge in [0, 0.05) is 0 Å². The lowest BCUT2D eigenvalue weighted by atomic mass is 9.81. The van der Waals surface area contributed by atoms with Gasteiger partial charge in [0.25, 0.3) is 0 Å². The third-order valence-electron chi connectivity index (χ3n) is 3.38. The first-order chi connectivity index (χ1) is 7.41. The molecule has 0 aliphatic carbocycles. The Hall–Kier alpha value is -1.30. The second-order valence-corrected chi connectivity index (χ2v) is 5.66. The van der Waals surface area contributed by atoms with Gasteiger partial charge < -0.3 is 0 Å². The summed E-state index contributed by atoms with van der Waals surface area (Å²) in [6.07, 6.45) is 0. The van der Waals surface area contributed by atoms with Crippen LogP contribution in [-0.4, -0.2) is 0 Å². The Morgan fingerprint density at radius 3 is 2.00 bits per heavy atom. The van der Waals surface area contributed by atoms with Crippen LogP contribution in [0, 0.1) is 13.8 Å². The molecule has 0 bridgehead atoms. The van der Waals surface area contributed by atoms with E-state index in [0.717, 1.165) is 0 Å². The highest BCUT2D eigenvalue weighted by Gasteiger charge is 2.18. The van der Waals surface area contributed by atoms with Gasteiger partial charge in [-0.25, -0.2) is 0 Å². The number of rotatable bonds is 0. The predicted octanol–water partition coefficient (Wildman–Crippen LogP) is 4.75. The molecule has 2 aromatic rings. The highest BCUT2D eigenvalue weighted by atomic mass is 14.2. The van der Waals surface area contributed by atoms with Gasteiger partial charge in [-0.15, -0.1) is 0 Å². The molecular formula is C16H20. The largest absolute Gasteiger partial charge is 0.0616 e. The summed E-state index contributed by atoms with van der Waals surface area (Å²) < 4.78 is 0. The standard InChI is InChI=1S/C16H20/c1-11-10-15(16(3,4)5)14-9-7-6-8-13(14)12(11)2/h6-10H,1-5H3. The lowest BCUT2D eigenvalue weighted by Crippen LogP contribution is -2.12. The normalized spacial score (nSPS) is 12.1. The molecule has 0 fully saturated rings. The first kappa shape index (κ1) is 11.2. The molecule has 0 saturated carbocycles. The number of benzene rings is 2. The summed E-state index contributed by atoms with van der Waals surface area (Å²) in [7, 11) is 0. The van der Waals surface area contributed by atoms with E-state index in [4.69, 9.17) is 0 Å². The third-order valence-corrected chi connectivity index (χ3v) is 3.38. The highest BCUT2D eigenvalue weighted by Crippen LogP contribution is 2.33. The Kier molecular flexibility index (Phi) is 2.53. The van der Waals surface area contributed by atoms with E-state index in [1.54, 1.807) is 0 Å². The first-order valence-corrected chi connectivity index (χ1v) is 5.90. The minimum Gasteiger partial charge on any atom is -0.0616 e. The van der Waals surface area contributed by atoms with Gasteiger partial charge in [0.1, 0.15) is 0 Å². The van der Waals surface area contributed by atoms with Crippen molar-refractivity contribution >= 4 is 10.8 Å². The molecule has 0 N–H and O–H groups in total. The van der Waals surface area contributed by atoms with Crippen LogP contribution in [0.5, 0.6) is 0 Å². The predicted molar refractivity (Wildman–Crippen MR) is 72.1 cm³/mol. The smallest absolute Gasteiger partial charge is 0.0126 e. The summed E-state index contributed by atoms with van der Waals surface area (Å²) in [4.78, 5) is 0. The molecule has 0 saturated heterocycles. The zero-order valence-corrected chi connectivity index (χ0v) is 10.9. The van der Waals surface area contributed by atoms with Gasteiger partial charge >= 0.3 is 0 Å². The summed E-state index contributed by atoms with van der Waals surface area (Å²) in [6, 6.07) is 11.1. The fourth-order valence-corrected chi connectivity index (χ4v) is 2.28. The summed E-state index contributed by atoms with van der Waals surface area (Å²) in [6.45, 7) is 11.3. The van der Waals surface area contributed by atoms with Crippen LogP contribution < -0.4 is 0 Å². The van der Waals surface area contributed by atoms with Crippen LogP contribution >= 0.6 is 0 Å². The first-order valence-electron chi connectivity index (χ1n) is 5.90. The van der Waals surface area contributed by atoms with Gasteiger partial charge in [0.05, 0.1) is 0 Å². The van der Waals surface area contributed by atoms with E-state index >= 15 is 0 Å². The van der Waals surface area contributed by atoms with Crippen molar-refractivity contribution in [2.75, 3.05) is 0 Å². The second-order valence-electron chi connectivity index (χ2n) is 5.66. The Bertz CT molecular complexity index is 527. The molecule has 0 radical (unpaired) electrons. The van der Waals surface area contributed by atoms with E-state index in [-0.39, 0.29) is 5.41 Å². The quantitative estimate of drug-likeness (QED) is 0.591. The molecule has 0 aliphatic heterocycles. The molecule has 0 spiro atoms. The summed E-state index contributed by atoms with van der Waals surface area (Å²) in [5.74, 6) is 0. The number of fused-ring (bicyclic) bond motifs is 1. The minimum atomic E-state index is 0.206. The third kappa shape index (κ3) is 1.73. The van der Waals surface area contributed by atoms with Gasteiger partial charge in [-0.1, -0.05) is 51.1 Å². The number of aryl methyl sites for hydroxylation is 2. The molecule has 0 aromatic heterocycles. The maximum absolute atomic E-state index is 2.34. The zero-order chi connectivity index (χ0) is 11.9. The maximum atomic E-state index is 2.34. The summed E-state index contributed by atoms with van der Waals surface area (Å²) in [5.41, 5.74) is 4.45. The van der Waals surface area contributed by atoms with Gasteiger partial charge in [0.15, 0.2) is 0 Å².